The maximum absolute atomic E-state index is 11.6. The number of H-pyrrole nitrogens is 1. The zero-order valence-electron chi connectivity index (χ0n) is 9.73. The first-order valence-electron chi connectivity index (χ1n) is 5.37. The number of hydrogen-bond acceptors (Lipinski definition) is 4. The van der Waals surface area contributed by atoms with Crippen LogP contribution in [0.2, 0.25) is 0 Å². The van der Waals surface area contributed by atoms with Crippen molar-refractivity contribution in [1.29, 1.82) is 0 Å². The number of aryl methyl sites for hydroxylation is 1. The molecule has 0 aliphatic heterocycles. The molecule has 2 aromatic rings. The molecule has 0 fully saturated rings. The number of carbonyl (C=O) groups excluding carboxylic acids is 1. The first kappa shape index (κ1) is 11.3. The minimum absolute atomic E-state index is 0.220. The highest BCUT2D eigenvalue weighted by atomic mass is 16.5. The summed E-state index contributed by atoms with van der Waals surface area (Å²) in [6, 6.07) is 7.72. The Morgan fingerprint density at radius 1 is 1.41 bits per heavy atom. The molecule has 1 aromatic heterocycles. The fourth-order valence-electron chi connectivity index (χ4n) is 1.57. The third kappa shape index (κ3) is 2.33. The molecule has 0 atom stereocenters. The molecular formula is C12H13N3O2. The Morgan fingerprint density at radius 3 is 2.94 bits per heavy atom. The lowest BCUT2D eigenvalue weighted by Gasteiger charge is -2.01. The van der Waals surface area contributed by atoms with Crippen molar-refractivity contribution < 1.29 is 9.53 Å². The number of benzene rings is 1. The lowest BCUT2D eigenvalue weighted by atomic mass is 10.1. The van der Waals surface area contributed by atoms with Crippen LogP contribution < -0.4 is 0 Å². The van der Waals surface area contributed by atoms with Gasteiger partial charge in [-0.2, -0.15) is 10.3 Å². The molecule has 0 radical (unpaired) electrons. The second-order valence-electron chi connectivity index (χ2n) is 3.61. The largest absolute Gasteiger partial charge is 0.461 e. The summed E-state index contributed by atoms with van der Waals surface area (Å²) >= 11 is 0. The van der Waals surface area contributed by atoms with Crippen LogP contribution in [-0.2, 0) is 4.74 Å². The number of ether oxygens (including phenoxy) is 1. The Morgan fingerprint density at radius 2 is 2.24 bits per heavy atom. The highest BCUT2D eigenvalue weighted by molar-refractivity contribution is 5.93. The number of carbonyl (C=O) groups is 1. The Hall–Kier alpha value is -2.17. The van der Waals surface area contributed by atoms with Gasteiger partial charge in [0.15, 0.2) is 5.69 Å². The van der Waals surface area contributed by atoms with Gasteiger partial charge in [0.1, 0.15) is 5.69 Å². The van der Waals surface area contributed by atoms with E-state index in [-0.39, 0.29) is 5.69 Å². The quantitative estimate of drug-likeness (QED) is 0.820. The van der Waals surface area contributed by atoms with Crippen LogP contribution in [-0.4, -0.2) is 28.0 Å². The van der Waals surface area contributed by atoms with Gasteiger partial charge in [-0.3, -0.25) is 0 Å². The van der Waals surface area contributed by atoms with Crippen molar-refractivity contribution in [3.05, 3.63) is 35.5 Å². The van der Waals surface area contributed by atoms with E-state index in [1.165, 1.54) is 0 Å². The smallest absolute Gasteiger partial charge is 0.361 e. The van der Waals surface area contributed by atoms with Gasteiger partial charge in [-0.15, -0.1) is 5.10 Å². The van der Waals surface area contributed by atoms with E-state index in [1.807, 2.05) is 31.2 Å². The van der Waals surface area contributed by atoms with E-state index < -0.39 is 5.97 Å². The fraction of sp³-hybridized carbons (Fsp3) is 0.250. The number of rotatable bonds is 3. The van der Waals surface area contributed by atoms with Gasteiger partial charge < -0.3 is 4.74 Å². The Bertz CT molecular complexity index is 534. The summed E-state index contributed by atoms with van der Waals surface area (Å²) in [5.74, 6) is -0.460. The van der Waals surface area contributed by atoms with Crippen LogP contribution in [0, 0.1) is 6.92 Å². The van der Waals surface area contributed by atoms with Crippen molar-refractivity contribution in [2.24, 2.45) is 0 Å². The molecule has 0 saturated heterocycles. The van der Waals surface area contributed by atoms with E-state index in [1.54, 1.807) is 6.92 Å². The van der Waals surface area contributed by atoms with Gasteiger partial charge in [0.05, 0.1) is 6.61 Å². The van der Waals surface area contributed by atoms with Crippen LogP contribution in [0.5, 0.6) is 0 Å². The summed E-state index contributed by atoms with van der Waals surface area (Å²) in [6.45, 7) is 4.05. The van der Waals surface area contributed by atoms with Crippen LogP contribution in [0.1, 0.15) is 23.0 Å². The molecule has 2 rings (SSSR count). The predicted molar refractivity (Wildman–Crippen MR) is 62.5 cm³/mol. The molecule has 0 bridgehead atoms. The predicted octanol–water partition coefficient (Wildman–Crippen LogP) is 1.96. The van der Waals surface area contributed by atoms with Crippen molar-refractivity contribution in [2.45, 2.75) is 13.8 Å². The monoisotopic (exact) mass is 231 g/mol. The number of esters is 1. The van der Waals surface area contributed by atoms with Gasteiger partial charge in [0.2, 0.25) is 0 Å². The lowest BCUT2D eigenvalue weighted by molar-refractivity contribution is 0.0520. The van der Waals surface area contributed by atoms with Crippen LogP contribution in [0.3, 0.4) is 0 Å². The molecule has 0 unspecified atom stereocenters. The molecule has 0 aliphatic carbocycles. The Balaban J connectivity index is 2.40. The normalized spacial score (nSPS) is 10.2. The molecule has 5 heteroatoms. The summed E-state index contributed by atoms with van der Waals surface area (Å²) in [6.07, 6.45) is 0. The molecule has 0 saturated carbocycles. The van der Waals surface area contributed by atoms with Gasteiger partial charge in [-0.1, -0.05) is 23.8 Å². The highest BCUT2D eigenvalue weighted by Gasteiger charge is 2.18. The van der Waals surface area contributed by atoms with E-state index in [0.29, 0.717) is 12.3 Å². The molecule has 1 N–H and O–H groups in total. The average molecular weight is 231 g/mol. The van der Waals surface area contributed by atoms with E-state index in [9.17, 15) is 4.79 Å². The van der Waals surface area contributed by atoms with E-state index in [4.69, 9.17) is 4.74 Å². The minimum Gasteiger partial charge on any atom is -0.461 e. The maximum Gasteiger partial charge on any atom is 0.361 e. The van der Waals surface area contributed by atoms with Crippen LogP contribution in [0.25, 0.3) is 11.3 Å². The summed E-state index contributed by atoms with van der Waals surface area (Å²) in [7, 11) is 0. The molecule has 88 valence electrons. The first-order valence-corrected chi connectivity index (χ1v) is 5.37. The summed E-state index contributed by atoms with van der Waals surface area (Å²) < 4.78 is 4.92. The zero-order chi connectivity index (χ0) is 12.3. The standard InChI is InChI=1S/C12H13N3O2/c1-3-17-12(16)11-10(13-15-14-11)9-6-4-5-8(2)7-9/h4-7H,3H2,1-2H3,(H,13,14,15). The van der Waals surface area contributed by atoms with Crippen molar-refractivity contribution >= 4 is 5.97 Å². The molecular weight excluding hydrogens is 218 g/mol. The van der Waals surface area contributed by atoms with E-state index >= 15 is 0 Å². The summed E-state index contributed by atoms with van der Waals surface area (Å²) in [4.78, 5) is 11.6. The lowest BCUT2D eigenvalue weighted by Crippen LogP contribution is -2.06. The average Bonchev–Trinajstić information content (AvgIpc) is 2.78. The molecule has 1 aromatic carbocycles. The number of nitrogens with one attached hydrogen (secondary N) is 1. The van der Waals surface area contributed by atoms with E-state index in [2.05, 4.69) is 15.4 Å². The SMILES string of the molecule is CCOC(=O)c1n[nH]nc1-c1cccc(C)c1. The molecule has 0 amide bonds. The van der Waals surface area contributed by atoms with Crippen LogP contribution in [0.4, 0.5) is 0 Å². The molecule has 0 spiro atoms. The first-order chi connectivity index (χ1) is 8.22. The van der Waals surface area contributed by atoms with Gasteiger partial charge in [-0.05, 0) is 19.9 Å². The number of nitrogens with zero attached hydrogens (tertiary/aromatic N) is 2. The number of aromatic amines is 1. The van der Waals surface area contributed by atoms with Crippen LogP contribution >= 0.6 is 0 Å². The van der Waals surface area contributed by atoms with Crippen molar-refractivity contribution in [1.82, 2.24) is 15.4 Å². The molecule has 17 heavy (non-hydrogen) atoms. The van der Waals surface area contributed by atoms with E-state index in [0.717, 1.165) is 11.1 Å². The highest BCUT2D eigenvalue weighted by Crippen LogP contribution is 2.20. The van der Waals surface area contributed by atoms with Crippen molar-refractivity contribution in [3.8, 4) is 11.3 Å². The van der Waals surface area contributed by atoms with Gasteiger partial charge in [0.25, 0.3) is 0 Å². The third-order valence-corrected chi connectivity index (χ3v) is 2.31. The van der Waals surface area contributed by atoms with Gasteiger partial charge in [0, 0.05) is 5.56 Å². The topological polar surface area (TPSA) is 67.9 Å². The Labute approximate surface area is 98.8 Å². The maximum atomic E-state index is 11.6. The van der Waals surface area contributed by atoms with Crippen molar-refractivity contribution in [3.63, 3.8) is 0 Å². The summed E-state index contributed by atoms with van der Waals surface area (Å²) in [5.41, 5.74) is 2.69. The van der Waals surface area contributed by atoms with Crippen LogP contribution in [0.15, 0.2) is 24.3 Å². The molecule has 5 nitrogen and oxygen atoms in total. The minimum atomic E-state index is -0.460. The number of hydrogen-bond donors (Lipinski definition) is 1. The Kier molecular flexibility index (Phi) is 3.18. The molecule has 1 heterocycles. The fourth-order valence-corrected chi connectivity index (χ4v) is 1.57. The second-order valence-corrected chi connectivity index (χ2v) is 3.61. The van der Waals surface area contributed by atoms with Gasteiger partial charge in [-0.25, -0.2) is 4.79 Å². The molecule has 0 aliphatic rings. The van der Waals surface area contributed by atoms with Gasteiger partial charge >= 0.3 is 5.97 Å². The zero-order valence-corrected chi connectivity index (χ0v) is 9.73. The van der Waals surface area contributed by atoms with Crippen molar-refractivity contribution in [2.75, 3.05) is 6.61 Å². The number of aromatic nitrogens is 3. The second kappa shape index (κ2) is 4.78. The third-order valence-electron chi connectivity index (χ3n) is 2.31. The summed E-state index contributed by atoms with van der Waals surface area (Å²) in [5, 5.41) is 10.3.